The van der Waals surface area contributed by atoms with Crippen molar-refractivity contribution < 1.29 is 19.0 Å². The largest absolute Gasteiger partial charge is 0.507 e. The first kappa shape index (κ1) is 10.4. The lowest BCUT2D eigenvalue weighted by atomic mass is 10.0. The highest BCUT2D eigenvalue weighted by Crippen LogP contribution is 2.31. The number of phenolic OH excluding ortho intramolecular Hbond substituents is 2. The Morgan fingerprint density at radius 2 is 1.50 bits per heavy atom. The second-order valence-corrected chi connectivity index (χ2v) is 3.33. The normalized spacial score (nSPS) is 10.4. The lowest BCUT2D eigenvalue weighted by Crippen LogP contribution is -1.84. The van der Waals surface area contributed by atoms with E-state index in [-0.39, 0.29) is 11.3 Å². The first-order valence-corrected chi connectivity index (χ1v) is 4.55. The average Bonchev–Trinajstić information content (AvgIpc) is 2.26. The molecule has 4 heteroatoms. The predicted octanol–water partition coefficient (Wildman–Crippen LogP) is 3.04. The molecule has 16 heavy (non-hydrogen) atoms. The van der Waals surface area contributed by atoms with Gasteiger partial charge in [0.25, 0.3) is 0 Å². The zero-order valence-corrected chi connectivity index (χ0v) is 8.11. The molecule has 0 amide bonds. The number of phenols is 2. The highest BCUT2D eigenvalue weighted by Gasteiger charge is 2.08. The maximum atomic E-state index is 13.1. The summed E-state index contributed by atoms with van der Waals surface area (Å²) in [5, 5.41) is 18.5. The molecule has 0 aromatic heterocycles. The summed E-state index contributed by atoms with van der Waals surface area (Å²) in [5.74, 6) is -1.98. The molecule has 2 aromatic carbocycles. The number of halogens is 2. The van der Waals surface area contributed by atoms with Crippen molar-refractivity contribution >= 4 is 0 Å². The number of benzene rings is 2. The van der Waals surface area contributed by atoms with E-state index in [9.17, 15) is 13.9 Å². The third kappa shape index (κ3) is 1.82. The van der Waals surface area contributed by atoms with Crippen LogP contribution in [0.25, 0.3) is 11.1 Å². The topological polar surface area (TPSA) is 40.5 Å². The SMILES string of the molecule is Oc1ccc(-c2cc(F)ccc2O)cc1F. The molecule has 2 N–H and O–H groups in total. The van der Waals surface area contributed by atoms with Crippen LogP contribution in [0, 0.1) is 11.6 Å². The molecule has 0 saturated heterocycles. The van der Waals surface area contributed by atoms with Gasteiger partial charge in [-0.15, -0.1) is 0 Å². The van der Waals surface area contributed by atoms with E-state index >= 15 is 0 Å². The fourth-order valence-electron chi connectivity index (χ4n) is 1.41. The lowest BCUT2D eigenvalue weighted by molar-refractivity contribution is 0.432. The smallest absolute Gasteiger partial charge is 0.165 e. The van der Waals surface area contributed by atoms with Crippen LogP contribution < -0.4 is 0 Å². The second-order valence-electron chi connectivity index (χ2n) is 3.33. The number of rotatable bonds is 1. The maximum Gasteiger partial charge on any atom is 0.165 e. The van der Waals surface area contributed by atoms with Crippen LogP contribution in [0.15, 0.2) is 36.4 Å². The van der Waals surface area contributed by atoms with E-state index in [1.807, 2.05) is 0 Å². The number of aromatic hydroxyl groups is 2. The highest BCUT2D eigenvalue weighted by molar-refractivity contribution is 5.70. The molecule has 0 bridgehead atoms. The van der Waals surface area contributed by atoms with E-state index < -0.39 is 17.4 Å². The van der Waals surface area contributed by atoms with Gasteiger partial charge in [0.05, 0.1) is 0 Å². The molecule has 0 aliphatic rings. The van der Waals surface area contributed by atoms with Gasteiger partial charge in [-0.3, -0.25) is 0 Å². The van der Waals surface area contributed by atoms with Gasteiger partial charge >= 0.3 is 0 Å². The van der Waals surface area contributed by atoms with E-state index in [1.54, 1.807) is 0 Å². The zero-order chi connectivity index (χ0) is 11.7. The quantitative estimate of drug-likeness (QED) is 0.778. The van der Waals surface area contributed by atoms with Gasteiger partial charge in [-0.2, -0.15) is 0 Å². The molecule has 2 nitrogen and oxygen atoms in total. The maximum absolute atomic E-state index is 13.1. The number of hydrogen-bond donors (Lipinski definition) is 2. The van der Waals surface area contributed by atoms with Gasteiger partial charge in [0, 0.05) is 5.56 Å². The van der Waals surface area contributed by atoms with E-state index in [1.165, 1.54) is 12.1 Å². The van der Waals surface area contributed by atoms with Crippen molar-refractivity contribution in [2.24, 2.45) is 0 Å². The van der Waals surface area contributed by atoms with Crippen molar-refractivity contribution in [3.63, 3.8) is 0 Å². The summed E-state index contributed by atoms with van der Waals surface area (Å²) < 4.78 is 26.0. The Balaban J connectivity index is 2.58. The van der Waals surface area contributed by atoms with E-state index in [0.717, 1.165) is 24.3 Å². The van der Waals surface area contributed by atoms with Crippen LogP contribution >= 0.6 is 0 Å². The molecular weight excluding hydrogens is 214 g/mol. The summed E-state index contributed by atoms with van der Waals surface area (Å²) in [6, 6.07) is 6.97. The molecule has 0 unspecified atom stereocenters. The molecule has 0 aliphatic carbocycles. The molecule has 0 fully saturated rings. The van der Waals surface area contributed by atoms with Crippen LogP contribution in [0.5, 0.6) is 11.5 Å². The molecule has 0 saturated carbocycles. The van der Waals surface area contributed by atoms with Gasteiger partial charge in [-0.05, 0) is 35.9 Å². The van der Waals surface area contributed by atoms with E-state index in [2.05, 4.69) is 0 Å². The van der Waals surface area contributed by atoms with Crippen molar-refractivity contribution in [3.8, 4) is 22.6 Å². The third-order valence-corrected chi connectivity index (χ3v) is 2.22. The van der Waals surface area contributed by atoms with E-state index in [0.29, 0.717) is 5.56 Å². The fraction of sp³-hybridized carbons (Fsp3) is 0. The van der Waals surface area contributed by atoms with Crippen LogP contribution in [0.2, 0.25) is 0 Å². The van der Waals surface area contributed by atoms with Gasteiger partial charge in [-0.25, -0.2) is 8.78 Å². The zero-order valence-electron chi connectivity index (χ0n) is 8.11. The summed E-state index contributed by atoms with van der Waals surface area (Å²) in [5.41, 5.74) is 0.478. The average molecular weight is 222 g/mol. The summed E-state index contributed by atoms with van der Waals surface area (Å²) >= 11 is 0. The molecule has 2 aromatic rings. The van der Waals surface area contributed by atoms with Crippen LogP contribution in [-0.2, 0) is 0 Å². The Hall–Kier alpha value is -2.10. The summed E-state index contributed by atoms with van der Waals surface area (Å²) in [6.45, 7) is 0. The fourth-order valence-corrected chi connectivity index (χ4v) is 1.41. The molecule has 0 aliphatic heterocycles. The Morgan fingerprint density at radius 3 is 2.19 bits per heavy atom. The molecular formula is C12H8F2O2. The molecule has 82 valence electrons. The molecule has 0 spiro atoms. The van der Waals surface area contributed by atoms with Gasteiger partial charge in [-0.1, -0.05) is 6.07 Å². The van der Waals surface area contributed by atoms with Gasteiger partial charge in [0.1, 0.15) is 11.6 Å². The second kappa shape index (κ2) is 3.81. The number of hydrogen-bond acceptors (Lipinski definition) is 2. The van der Waals surface area contributed by atoms with Crippen LogP contribution in [0.3, 0.4) is 0 Å². The minimum absolute atomic E-state index is 0.147. The Kier molecular flexibility index (Phi) is 2.48. The van der Waals surface area contributed by atoms with E-state index in [4.69, 9.17) is 5.11 Å². The Morgan fingerprint density at radius 1 is 0.812 bits per heavy atom. The van der Waals surface area contributed by atoms with Crippen LogP contribution in [0.1, 0.15) is 0 Å². The summed E-state index contributed by atoms with van der Waals surface area (Å²) in [7, 11) is 0. The Bertz CT molecular complexity index is 539. The minimum Gasteiger partial charge on any atom is -0.507 e. The third-order valence-electron chi connectivity index (χ3n) is 2.22. The van der Waals surface area contributed by atoms with Crippen molar-refractivity contribution in [2.75, 3.05) is 0 Å². The summed E-state index contributed by atoms with van der Waals surface area (Å²) in [4.78, 5) is 0. The first-order valence-electron chi connectivity index (χ1n) is 4.55. The van der Waals surface area contributed by atoms with Crippen molar-refractivity contribution in [1.82, 2.24) is 0 Å². The van der Waals surface area contributed by atoms with Gasteiger partial charge in [0.15, 0.2) is 11.6 Å². The van der Waals surface area contributed by atoms with Crippen LogP contribution in [0.4, 0.5) is 8.78 Å². The molecule has 0 atom stereocenters. The predicted molar refractivity (Wildman–Crippen MR) is 55.1 cm³/mol. The summed E-state index contributed by atoms with van der Waals surface area (Å²) in [6.07, 6.45) is 0. The van der Waals surface area contributed by atoms with Crippen molar-refractivity contribution in [3.05, 3.63) is 48.0 Å². The minimum atomic E-state index is -0.818. The highest BCUT2D eigenvalue weighted by atomic mass is 19.1. The van der Waals surface area contributed by atoms with Gasteiger partial charge in [0.2, 0.25) is 0 Å². The molecule has 0 heterocycles. The first-order chi connectivity index (χ1) is 7.58. The molecule has 2 rings (SSSR count). The van der Waals surface area contributed by atoms with Crippen molar-refractivity contribution in [1.29, 1.82) is 0 Å². The molecule has 0 radical (unpaired) electrons. The van der Waals surface area contributed by atoms with Crippen molar-refractivity contribution in [2.45, 2.75) is 0 Å². The monoisotopic (exact) mass is 222 g/mol. The van der Waals surface area contributed by atoms with Gasteiger partial charge < -0.3 is 10.2 Å². The van der Waals surface area contributed by atoms with Crippen LogP contribution in [-0.4, -0.2) is 10.2 Å². The lowest BCUT2D eigenvalue weighted by Gasteiger charge is -2.05. The standard InChI is InChI=1S/C12H8F2O2/c13-8-2-4-11(15)9(6-8)7-1-3-12(16)10(14)5-7/h1-6,15-16H. The Labute approximate surface area is 90.4 Å².